The monoisotopic (exact) mass is 400 g/mol. The van der Waals surface area contributed by atoms with Crippen LogP contribution in [0.25, 0.3) is 0 Å². The Labute approximate surface area is 169 Å². The first-order valence-corrected chi connectivity index (χ1v) is 9.55. The highest BCUT2D eigenvalue weighted by atomic mass is 19.1. The first-order chi connectivity index (χ1) is 14.0. The molecule has 1 fully saturated rings. The SMILES string of the molecule is COc1ccc(CNC(=O)C(=O)NCC2(c3ccc(F)cc3)CCOCC2)cc1. The van der Waals surface area contributed by atoms with E-state index < -0.39 is 11.8 Å². The number of hydrogen-bond acceptors (Lipinski definition) is 4. The Morgan fingerprint density at radius 1 is 1.00 bits per heavy atom. The van der Waals surface area contributed by atoms with E-state index in [0.29, 0.717) is 26.1 Å². The fraction of sp³-hybridized carbons (Fsp3) is 0.364. The molecule has 1 saturated heterocycles. The van der Waals surface area contributed by atoms with Gasteiger partial charge in [0.25, 0.3) is 0 Å². The lowest BCUT2D eigenvalue weighted by atomic mass is 9.74. The van der Waals surface area contributed by atoms with Crippen molar-refractivity contribution in [2.45, 2.75) is 24.8 Å². The summed E-state index contributed by atoms with van der Waals surface area (Å²) in [7, 11) is 1.58. The van der Waals surface area contributed by atoms with Crippen LogP contribution in [0.1, 0.15) is 24.0 Å². The molecule has 2 N–H and O–H groups in total. The maximum atomic E-state index is 13.3. The largest absolute Gasteiger partial charge is 0.497 e. The number of benzene rings is 2. The van der Waals surface area contributed by atoms with Gasteiger partial charge in [0.05, 0.1) is 7.11 Å². The highest BCUT2D eigenvalue weighted by Gasteiger charge is 2.35. The Hall–Kier alpha value is -2.93. The maximum Gasteiger partial charge on any atom is 0.309 e. The third-order valence-corrected chi connectivity index (χ3v) is 5.31. The van der Waals surface area contributed by atoms with Crippen LogP contribution < -0.4 is 15.4 Å². The van der Waals surface area contributed by atoms with Crippen molar-refractivity contribution in [3.05, 3.63) is 65.5 Å². The smallest absolute Gasteiger partial charge is 0.309 e. The fourth-order valence-electron chi connectivity index (χ4n) is 3.47. The molecule has 1 aliphatic heterocycles. The quantitative estimate of drug-likeness (QED) is 0.730. The molecule has 2 amide bonds. The zero-order valence-electron chi connectivity index (χ0n) is 16.4. The zero-order chi connectivity index (χ0) is 20.7. The molecule has 0 spiro atoms. The van der Waals surface area contributed by atoms with Crippen molar-refractivity contribution in [2.75, 3.05) is 26.9 Å². The van der Waals surface area contributed by atoms with Crippen LogP contribution >= 0.6 is 0 Å². The topological polar surface area (TPSA) is 76.7 Å². The van der Waals surface area contributed by atoms with E-state index in [0.717, 1.165) is 16.9 Å². The van der Waals surface area contributed by atoms with Gasteiger partial charge in [0, 0.05) is 31.7 Å². The first-order valence-electron chi connectivity index (χ1n) is 9.55. The number of halogens is 1. The van der Waals surface area contributed by atoms with Gasteiger partial charge in [-0.3, -0.25) is 9.59 Å². The van der Waals surface area contributed by atoms with E-state index in [2.05, 4.69) is 10.6 Å². The van der Waals surface area contributed by atoms with Crippen molar-refractivity contribution in [1.82, 2.24) is 10.6 Å². The highest BCUT2D eigenvalue weighted by Crippen LogP contribution is 2.34. The predicted molar refractivity (Wildman–Crippen MR) is 106 cm³/mol. The molecule has 3 rings (SSSR count). The molecule has 6 nitrogen and oxygen atoms in total. The number of nitrogens with one attached hydrogen (secondary N) is 2. The molecular weight excluding hydrogens is 375 g/mol. The molecule has 7 heteroatoms. The van der Waals surface area contributed by atoms with E-state index in [-0.39, 0.29) is 24.3 Å². The Kier molecular flexibility index (Phi) is 6.82. The number of methoxy groups -OCH3 is 1. The van der Waals surface area contributed by atoms with Crippen molar-refractivity contribution >= 4 is 11.8 Å². The van der Waals surface area contributed by atoms with Crippen molar-refractivity contribution in [2.24, 2.45) is 0 Å². The van der Waals surface area contributed by atoms with Gasteiger partial charge in [0.1, 0.15) is 11.6 Å². The lowest BCUT2D eigenvalue weighted by molar-refractivity contribution is -0.139. The molecule has 0 unspecified atom stereocenters. The molecule has 29 heavy (non-hydrogen) atoms. The summed E-state index contributed by atoms with van der Waals surface area (Å²) in [5.41, 5.74) is 1.41. The molecule has 1 heterocycles. The third-order valence-electron chi connectivity index (χ3n) is 5.31. The molecule has 0 radical (unpaired) electrons. The molecule has 0 saturated carbocycles. The number of ether oxygens (including phenoxy) is 2. The van der Waals surface area contributed by atoms with Gasteiger partial charge in [-0.05, 0) is 48.2 Å². The van der Waals surface area contributed by atoms with Crippen molar-refractivity contribution in [3.8, 4) is 5.75 Å². The van der Waals surface area contributed by atoms with E-state index in [1.165, 1.54) is 12.1 Å². The molecular formula is C22H25FN2O4. The average molecular weight is 400 g/mol. The second-order valence-electron chi connectivity index (χ2n) is 7.11. The fourth-order valence-corrected chi connectivity index (χ4v) is 3.47. The van der Waals surface area contributed by atoms with Crippen LogP contribution in [0.5, 0.6) is 5.75 Å². The van der Waals surface area contributed by atoms with Crippen LogP contribution in [-0.4, -0.2) is 38.7 Å². The Morgan fingerprint density at radius 3 is 2.24 bits per heavy atom. The van der Waals surface area contributed by atoms with Gasteiger partial charge in [0.15, 0.2) is 0 Å². The Balaban J connectivity index is 1.57. The molecule has 2 aromatic carbocycles. The second kappa shape index (κ2) is 9.52. The molecule has 1 aliphatic rings. The average Bonchev–Trinajstić information content (AvgIpc) is 2.77. The number of amides is 2. The van der Waals surface area contributed by atoms with Crippen LogP contribution in [-0.2, 0) is 26.3 Å². The number of carbonyl (C=O) groups excluding carboxylic acids is 2. The summed E-state index contributed by atoms with van der Waals surface area (Å²) in [5.74, 6) is -0.966. The zero-order valence-corrected chi connectivity index (χ0v) is 16.4. The summed E-state index contributed by atoms with van der Waals surface area (Å²) in [6.45, 7) is 1.64. The van der Waals surface area contributed by atoms with Gasteiger partial charge >= 0.3 is 11.8 Å². The van der Waals surface area contributed by atoms with E-state index in [9.17, 15) is 14.0 Å². The van der Waals surface area contributed by atoms with Gasteiger partial charge in [0.2, 0.25) is 0 Å². The molecule has 0 bridgehead atoms. The van der Waals surface area contributed by atoms with Crippen molar-refractivity contribution < 1.29 is 23.5 Å². The van der Waals surface area contributed by atoms with E-state index in [1.807, 2.05) is 12.1 Å². The van der Waals surface area contributed by atoms with Crippen LogP contribution in [0.3, 0.4) is 0 Å². The number of rotatable bonds is 6. The summed E-state index contributed by atoms with van der Waals surface area (Å²) in [6.07, 6.45) is 1.37. The van der Waals surface area contributed by atoms with E-state index in [4.69, 9.17) is 9.47 Å². The Bertz CT molecular complexity index is 831. The van der Waals surface area contributed by atoms with E-state index in [1.54, 1.807) is 31.4 Å². The van der Waals surface area contributed by atoms with Gasteiger partial charge in [-0.15, -0.1) is 0 Å². The van der Waals surface area contributed by atoms with E-state index >= 15 is 0 Å². The number of hydrogen-bond donors (Lipinski definition) is 2. The summed E-state index contributed by atoms with van der Waals surface area (Å²) in [6, 6.07) is 13.5. The minimum absolute atomic E-state index is 0.243. The van der Waals surface area contributed by atoms with Gasteiger partial charge in [-0.1, -0.05) is 24.3 Å². The van der Waals surface area contributed by atoms with Crippen molar-refractivity contribution in [1.29, 1.82) is 0 Å². The summed E-state index contributed by atoms with van der Waals surface area (Å²) in [5, 5.41) is 5.36. The van der Waals surface area contributed by atoms with Gasteiger partial charge in [-0.2, -0.15) is 0 Å². The molecule has 0 aliphatic carbocycles. The lowest BCUT2D eigenvalue weighted by Gasteiger charge is -2.37. The van der Waals surface area contributed by atoms with Crippen LogP contribution in [0.4, 0.5) is 4.39 Å². The van der Waals surface area contributed by atoms with Gasteiger partial charge in [-0.25, -0.2) is 4.39 Å². The summed E-state index contributed by atoms with van der Waals surface area (Å²) >= 11 is 0. The standard InChI is InChI=1S/C22H25FN2O4/c1-28-19-8-2-16(3-9-19)14-24-20(26)21(27)25-15-22(10-12-29-13-11-22)17-4-6-18(23)7-5-17/h2-9H,10-15H2,1H3,(H,24,26)(H,25,27). The highest BCUT2D eigenvalue weighted by molar-refractivity contribution is 6.35. The maximum absolute atomic E-state index is 13.3. The minimum Gasteiger partial charge on any atom is -0.497 e. The molecule has 0 atom stereocenters. The van der Waals surface area contributed by atoms with Crippen LogP contribution in [0.15, 0.2) is 48.5 Å². The number of carbonyl (C=O) groups is 2. The summed E-state index contributed by atoms with van der Waals surface area (Å²) in [4.78, 5) is 24.5. The molecule has 0 aromatic heterocycles. The Morgan fingerprint density at radius 2 is 1.62 bits per heavy atom. The lowest BCUT2D eigenvalue weighted by Crippen LogP contribution is -2.48. The van der Waals surface area contributed by atoms with Crippen LogP contribution in [0, 0.1) is 5.82 Å². The molecule has 2 aromatic rings. The third kappa shape index (κ3) is 5.32. The van der Waals surface area contributed by atoms with Gasteiger partial charge < -0.3 is 20.1 Å². The summed E-state index contributed by atoms with van der Waals surface area (Å²) < 4.78 is 23.9. The first kappa shape index (κ1) is 20.8. The molecule has 154 valence electrons. The minimum atomic E-state index is -0.692. The normalized spacial score (nSPS) is 15.4. The second-order valence-corrected chi connectivity index (χ2v) is 7.11. The van der Waals surface area contributed by atoms with Crippen LogP contribution in [0.2, 0.25) is 0 Å². The predicted octanol–water partition coefficient (Wildman–Crippen LogP) is 2.32. The van der Waals surface area contributed by atoms with Crippen molar-refractivity contribution in [3.63, 3.8) is 0 Å².